The fourth-order valence-electron chi connectivity index (χ4n) is 1.46. The van der Waals surface area contributed by atoms with E-state index in [-0.39, 0.29) is 6.04 Å². The van der Waals surface area contributed by atoms with Gasteiger partial charge in [0.15, 0.2) is 5.82 Å². The number of nitrogens with zero attached hydrogens (tertiary/aromatic N) is 3. The molecular weight excluding hydrogens is 261 g/mol. The molecule has 0 saturated heterocycles. The second-order valence-electron chi connectivity index (χ2n) is 3.60. The van der Waals surface area contributed by atoms with Crippen LogP contribution in [0.2, 0.25) is 10.0 Å². The molecule has 5 nitrogen and oxygen atoms in total. The number of tetrazole rings is 1. The Labute approximate surface area is 109 Å². The molecule has 2 N–H and O–H groups in total. The average Bonchev–Trinajstić information content (AvgIpc) is 2.78. The van der Waals surface area contributed by atoms with Crippen LogP contribution in [-0.2, 0) is 6.54 Å². The molecule has 0 bridgehead atoms. The van der Waals surface area contributed by atoms with Gasteiger partial charge in [0.05, 0.1) is 6.54 Å². The predicted octanol–water partition coefficient (Wildman–Crippen LogP) is 2.36. The van der Waals surface area contributed by atoms with Gasteiger partial charge in [0, 0.05) is 16.1 Å². The molecule has 1 aromatic carbocycles. The van der Waals surface area contributed by atoms with Gasteiger partial charge >= 0.3 is 0 Å². The summed E-state index contributed by atoms with van der Waals surface area (Å²) in [5.41, 5.74) is 0.986. The SMILES string of the molecule is CC(NCc1nn[nH]n1)c1ccc(Cl)cc1Cl. The lowest BCUT2D eigenvalue weighted by molar-refractivity contribution is 0.560. The summed E-state index contributed by atoms with van der Waals surface area (Å²) in [5, 5.41) is 18.1. The molecule has 17 heavy (non-hydrogen) atoms. The lowest BCUT2D eigenvalue weighted by Gasteiger charge is -2.14. The van der Waals surface area contributed by atoms with Gasteiger partial charge in [-0.3, -0.25) is 0 Å². The number of aromatic nitrogens is 4. The van der Waals surface area contributed by atoms with Gasteiger partial charge in [-0.05, 0) is 24.6 Å². The lowest BCUT2D eigenvalue weighted by atomic mass is 10.1. The van der Waals surface area contributed by atoms with Crippen LogP contribution in [0.5, 0.6) is 0 Å². The van der Waals surface area contributed by atoms with Crippen molar-refractivity contribution in [2.24, 2.45) is 0 Å². The molecule has 0 aliphatic rings. The minimum atomic E-state index is 0.0817. The second kappa shape index (κ2) is 5.44. The van der Waals surface area contributed by atoms with Crippen LogP contribution >= 0.6 is 23.2 Å². The number of aromatic amines is 1. The van der Waals surface area contributed by atoms with Gasteiger partial charge in [-0.1, -0.05) is 34.5 Å². The van der Waals surface area contributed by atoms with Gasteiger partial charge in [0.2, 0.25) is 0 Å². The Hall–Kier alpha value is -1.17. The van der Waals surface area contributed by atoms with Crippen LogP contribution in [-0.4, -0.2) is 20.6 Å². The van der Waals surface area contributed by atoms with Crippen LogP contribution in [0.1, 0.15) is 24.4 Å². The van der Waals surface area contributed by atoms with Gasteiger partial charge in [-0.25, -0.2) is 0 Å². The Kier molecular flexibility index (Phi) is 3.93. The summed E-state index contributed by atoms with van der Waals surface area (Å²) >= 11 is 12.0. The van der Waals surface area contributed by atoms with Crippen LogP contribution in [0.3, 0.4) is 0 Å². The highest BCUT2D eigenvalue weighted by Gasteiger charge is 2.10. The van der Waals surface area contributed by atoms with E-state index in [0.717, 1.165) is 5.56 Å². The maximum absolute atomic E-state index is 6.11. The molecule has 1 heterocycles. The number of benzene rings is 1. The van der Waals surface area contributed by atoms with E-state index in [1.165, 1.54) is 0 Å². The highest BCUT2D eigenvalue weighted by Crippen LogP contribution is 2.26. The normalized spacial score (nSPS) is 12.6. The molecule has 0 fully saturated rings. The zero-order valence-electron chi connectivity index (χ0n) is 9.11. The van der Waals surface area contributed by atoms with E-state index in [1.54, 1.807) is 6.07 Å². The molecule has 0 amide bonds. The van der Waals surface area contributed by atoms with Crippen molar-refractivity contribution >= 4 is 23.2 Å². The largest absolute Gasteiger partial charge is 0.303 e. The molecule has 2 aromatic rings. The number of halogens is 2. The van der Waals surface area contributed by atoms with Crippen molar-refractivity contribution in [1.29, 1.82) is 0 Å². The van der Waals surface area contributed by atoms with Crippen molar-refractivity contribution < 1.29 is 0 Å². The summed E-state index contributed by atoms with van der Waals surface area (Å²) in [5.74, 6) is 0.613. The molecule has 90 valence electrons. The quantitative estimate of drug-likeness (QED) is 0.896. The third-order valence-electron chi connectivity index (χ3n) is 2.38. The fourth-order valence-corrected chi connectivity index (χ4v) is 2.04. The first-order valence-electron chi connectivity index (χ1n) is 5.07. The van der Waals surface area contributed by atoms with Gasteiger partial charge in [-0.15, -0.1) is 10.2 Å². The van der Waals surface area contributed by atoms with Crippen molar-refractivity contribution in [3.05, 3.63) is 39.6 Å². The first kappa shape index (κ1) is 12.3. The predicted molar refractivity (Wildman–Crippen MR) is 65.9 cm³/mol. The molecule has 1 aromatic heterocycles. The highest BCUT2D eigenvalue weighted by atomic mass is 35.5. The maximum atomic E-state index is 6.11. The van der Waals surface area contributed by atoms with E-state index in [0.29, 0.717) is 22.4 Å². The second-order valence-corrected chi connectivity index (χ2v) is 4.44. The van der Waals surface area contributed by atoms with Crippen LogP contribution < -0.4 is 5.32 Å². The summed E-state index contributed by atoms with van der Waals surface area (Å²) in [6, 6.07) is 5.53. The molecule has 7 heteroatoms. The molecule has 0 radical (unpaired) electrons. The van der Waals surface area contributed by atoms with E-state index >= 15 is 0 Å². The molecule has 1 atom stereocenters. The van der Waals surface area contributed by atoms with Crippen molar-refractivity contribution in [3.63, 3.8) is 0 Å². The summed E-state index contributed by atoms with van der Waals surface area (Å²) in [4.78, 5) is 0. The molecule has 2 rings (SSSR count). The zero-order valence-corrected chi connectivity index (χ0v) is 10.6. The maximum Gasteiger partial charge on any atom is 0.188 e. The van der Waals surface area contributed by atoms with Crippen molar-refractivity contribution in [2.45, 2.75) is 19.5 Å². The monoisotopic (exact) mass is 271 g/mol. The van der Waals surface area contributed by atoms with E-state index in [4.69, 9.17) is 23.2 Å². The van der Waals surface area contributed by atoms with Crippen molar-refractivity contribution in [1.82, 2.24) is 25.9 Å². The molecule has 0 spiro atoms. The smallest absolute Gasteiger partial charge is 0.188 e. The summed E-state index contributed by atoms with van der Waals surface area (Å²) in [6.07, 6.45) is 0. The van der Waals surface area contributed by atoms with Gasteiger partial charge in [0.1, 0.15) is 0 Å². The van der Waals surface area contributed by atoms with Crippen molar-refractivity contribution in [3.8, 4) is 0 Å². The summed E-state index contributed by atoms with van der Waals surface area (Å²) in [6.45, 7) is 2.53. The Morgan fingerprint density at radius 1 is 1.41 bits per heavy atom. The number of H-pyrrole nitrogens is 1. The Balaban J connectivity index is 2.01. The third kappa shape index (κ3) is 3.15. The van der Waals surface area contributed by atoms with E-state index in [1.807, 2.05) is 19.1 Å². The zero-order chi connectivity index (χ0) is 12.3. The van der Waals surface area contributed by atoms with Gasteiger partial charge < -0.3 is 5.32 Å². The average molecular weight is 272 g/mol. The number of nitrogens with one attached hydrogen (secondary N) is 2. The first-order valence-corrected chi connectivity index (χ1v) is 5.83. The topological polar surface area (TPSA) is 66.5 Å². The Morgan fingerprint density at radius 3 is 2.88 bits per heavy atom. The van der Waals surface area contributed by atoms with E-state index in [2.05, 4.69) is 25.9 Å². The number of rotatable bonds is 4. The van der Waals surface area contributed by atoms with Crippen LogP contribution in [0.15, 0.2) is 18.2 Å². The summed E-state index contributed by atoms with van der Waals surface area (Å²) < 4.78 is 0. The standard InChI is InChI=1S/C10H11Cl2N5/c1-6(13-5-10-14-16-17-15-10)8-3-2-7(11)4-9(8)12/h2-4,6,13H,5H2,1H3,(H,14,15,16,17). The lowest BCUT2D eigenvalue weighted by Crippen LogP contribution is -2.19. The highest BCUT2D eigenvalue weighted by molar-refractivity contribution is 6.35. The van der Waals surface area contributed by atoms with Crippen LogP contribution in [0.4, 0.5) is 0 Å². The fraction of sp³-hybridized carbons (Fsp3) is 0.300. The third-order valence-corrected chi connectivity index (χ3v) is 2.95. The number of hydrogen-bond acceptors (Lipinski definition) is 4. The summed E-state index contributed by atoms with van der Waals surface area (Å²) in [7, 11) is 0. The van der Waals surface area contributed by atoms with Crippen molar-refractivity contribution in [2.75, 3.05) is 0 Å². The minimum Gasteiger partial charge on any atom is -0.303 e. The molecule has 0 aliphatic carbocycles. The van der Waals surface area contributed by atoms with Crippen LogP contribution in [0.25, 0.3) is 0 Å². The molecular formula is C10H11Cl2N5. The molecule has 1 unspecified atom stereocenters. The van der Waals surface area contributed by atoms with Gasteiger partial charge in [0.25, 0.3) is 0 Å². The molecule has 0 aliphatic heterocycles. The van der Waals surface area contributed by atoms with E-state index < -0.39 is 0 Å². The van der Waals surface area contributed by atoms with Crippen LogP contribution in [0, 0.1) is 0 Å². The minimum absolute atomic E-state index is 0.0817. The van der Waals surface area contributed by atoms with Gasteiger partial charge in [-0.2, -0.15) is 5.21 Å². The Morgan fingerprint density at radius 2 is 2.24 bits per heavy atom. The first-order chi connectivity index (χ1) is 8.16. The number of hydrogen-bond donors (Lipinski definition) is 2. The van der Waals surface area contributed by atoms with E-state index in [9.17, 15) is 0 Å². The molecule has 0 saturated carbocycles. The Bertz CT molecular complexity index is 485.